The van der Waals surface area contributed by atoms with Crippen molar-refractivity contribution < 1.29 is 4.79 Å². The lowest BCUT2D eigenvalue weighted by molar-refractivity contribution is 0.0978. The number of hydrogen-bond donors (Lipinski definition) is 0. The summed E-state index contributed by atoms with van der Waals surface area (Å²) in [6.07, 6.45) is 2.48. The van der Waals surface area contributed by atoms with Gasteiger partial charge in [-0.1, -0.05) is 28.1 Å². The molecule has 0 fully saturated rings. The van der Waals surface area contributed by atoms with E-state index < -0.39 is 5.69 Å². The van der Waals surface area contributed by atoms with E-state index in [4.69, 9.17) is 0 Å². The van der Waals surface area contributed by atoms with Gasteiger partial charge in [-0.05, 0) is 18.6 Å². The average molecular weight is 405 g/mol. The molecule has 0 radical (unpaired) electrons. The van der Waals surface area contributed by atoms with Crippen molar-refractivity contribution >= 4 is 32.9 Å². The van der Waals surface area contributed by atoms with Gasteiger partial charge < -0.3 is 4.57 Å². The van der Waals surface area contributed by atoms with Crippen molar-refractivity contribution in [2.45, 2.75) is 19.4 Å². The molecule has 0 aliphatic carbocycles. The Balaban J connectivity index is 1.78. The van der Waals surface area contributed by atoms with Crippen LogP contribution in [-0.2, 0) is 20.6 Å². The van der Waals surface area contributed by atoms with Crippen LogP contribution < -0.4 is 11.2 Å². The molecule has 0 amide bonds. The van der Waals surface area contributed by atoms with Crippen LogP contribution >= 0.6 is 15.9 Å². The molecule has 0 saturated carbocycles. The lowest BCUT2D eigenvalue weighted by atomic mass is 10.1. The van der Waals surface area contributed by atoms with Gasteiger partial charge in [-0.25, -0.2) is 9.78 Å². The number of nitrogens with zero attached hydrogens (tertiary/aromatic N) is 4. The van der Waals surface area contributed by atoms with E-state index in [9.17, 15) is 14.4 Å². The molecule has 0 N–H and O–H groups in total. The standard InChI is InChI=1S/C17H17BrN4O3/c1-20-15-14(16(24)21(2)17(20)25)22(10-19-15)9-3-4-13(23)11-5-7-12(18)8-6-11/h5-8,10H,3-4,9H2,1-2H3. The molecule has 0 aliphatic heterocycles. The maximum absolute atomic E-state index is 12.4. The summed E-state index contributed by atoms with van der Waals surface area (Å²) in [5, 5.41) is 0. The van der Waals surface area contributed by atoms with Crippen molar-refractivity contribution in [3.05, 3.63) is 61.5 Å². The fourth-order valence-electron chi connectivity index (χ4n) is 2.76. The number of benzene rings is 1. The van der Waals surface area contributed by atoms with Gasteiger partial charge in [0.05, 0.1) is 6.33 Å². The van der Waals surface area contributed by atoms with E-state index >= 15 is 0 Å². The number of aryl methyl sites for hydroxylation is 2. The highest BCUT2D eigenvalue weighted by atomic mass is 79.9. The number of Topliss-reactive ketones (excluding diaryl/α,β-unsaturated/α-hetero) is 1. The van der Waals surface area contributed by atoms with Crippen molar-refractivity contribution in [2.75, 3.05) is 0 Å². The number of hydrogen-bond acceptors (Lipinski definition) is 4. The van der Waals surface area contributed by atoms with Crippen molar-refractivity contribution in [3.63, 3.8) is 0 Å². The molecule has 0 saturated heterocycles. The molecular formula is C17H17BrN4O3. The SMILES string of the molecule is Cn1c(=O)c2c(ncn2CCCC(=O)c2ccc(Br)cc2)n(C)c1=O. The van der Waals surface area contributed by atoms with E-state index in [0.29, 0.717) is 36.1 Å². The van der Waals surface area contributed by atoms with Crippen LogP contribution in [0.1, 0.15) is 23.2 Å². The molecule has 0 bridgehead atoms. The van der Waals surface area contributed by atoms with Gasteiger partial charge in [0.15, 0.2) is 16.9 Å². The summed E-state index contributed by atoms with van der Waals surface area (Å²) in [5.74, 6) is 0.0530. The van der Waals surface area contributed by atoms with Crippen LogP contribution in [0.3, 0.4) is 0 Å². The van der Waals surface area contributed by atoms with Crippen molar-refractivity contribution in [1.82, 2.24) is 18.7 Å². The number of carbonyl (C=O) groups is 1. The Kier molecular flexibility index (Phi) is 4.71. The molecule has 0 aliphatic rings. The van der Waals surface area contributed by atoms with E-state index in [-0.39, 0.29) is 11.3 Å². The molecule has 3 aromatic rings. The molecule has 0 unspecified atom stereocenters. The molecule has 2 aromatic heterocycles. The first-order chi connectivity index (χ1) is 11.9. The Morgan fingerprint density at radius 2 is 1.80 bits per heavy atom. The fourth-order valence-corrected chi connectivity index (χ4v) is 3.02. The quantitative estimate of drug-likeness (QED) is 0.607. The number of aromatic nitrogens is 4. The van der Waals surface area contributed by atoms with Crippen molar-refractivity contribution in [1.29, 1.82) is 0 Å². The molecule has 25 heavy (non-hydrogen) atoms. The topological polar surface area (TPSA) is 78.9 Å². The van der Waals surface area contributed by atoms with Gasteiger partial charge in [-0.15, -0.1) is 0 Å². The van der Waals surface area contributed by atoms with Gasteiger partial charge in [0.1, 0.15) is 0 Å². The van der Waals surface area contributed by atoms with E-state index in [1.54, 1.807) is 23.7 Å². The molecule has 0 atom stereocenters. The predicted molar refractivity (Wildman–Crippen MR) is 97.9 cm³/mol. The second kappa shape index (κ2) is 6.79. The van der Waals surface area contributed by atoms with E-state index in [1.807, 2.05) is 12.1 Å². The maximum Gasteiger partial charge on any atom is 0.332 e. The zero-order valence-electron chi connectivity index (χ0n) is 13.9. The number of fused-ring (bicyclic) bond motifs is 1. The van der Waals surface area contributed by atoms with Gasteiger partial charge in [0.2, 0.25) is 0 Å². The van der Waals surface area contributed by atoms with Gasteiger partial charge in [0, 0.05) is 37.1 Å². The molecule has 1 aromatic carbocycles. The number of carbonyl (C=O) groups excluding carboxylic acids is 1. The van der Waals surface area contributed by atoms with Crippen LogP contribution in [0.5, 0.6) is 0 Å². The Hall–Kier alpha value is -2.48. The summed E-state index contributed by atoms with van der Waals surface area (Å²) in [5.41, 5.74) is 0.605. The minimum absolute atomic E-state index is 0.0530. The largest absolute Gasteiger partial charge is 0.332 e. The Bertz CT molecular complexity index is 1060. The summed E-state index contributed by atoms with van der Waals surface area (Å²) in [4.78, 5) is 40.7. The zero-order chi connectivity index (χ0) is 18.1. The Morgan fingerprint density at radius 1 is 1.12 bits per heavy atom. The highest BCUT2D eigenvalue weighted by Gasteiger charge is 2.14. The lowest BCUT2D eigenvalue weighted by Crippen LogP contribution is -2.37. The molecule has 2 heterocycles. The van der Waals surface area contributed by atoms with Gasteiger partial charge in [-0.2, -0.15) is 0 Å². The number of halogens is 1. The lowest BCUT2D eigenvalue weighted by Gasteiger charge is -2.06. The van der Waals surface area contributed by atoms with E-state index in [2.05, 4.69) is 20.9 Å². The average Bonchev–Trinajstić information content (AvgIpc) is 3.02. The summed E-state index contributed by atoms with van der Waals surface area (Å²) in [6, 6.07) is 7.23. The van der Waals surface area contributed by atoms with Crippen molar-refractivity contribution in [3.8, 4) is 0 Å². The molecule has 3 rings (SSSR count). The number of rotatable bonds is 5. The van der Waals surface area contributed by atoms with Crippen molar-refractivity contribution in [2.24, 2.45) is 14.1 Å². The van der Waals surface area contributed by atoms with E-state index in [1.165, 1.54) is 17.9 Å². The first kappa shape index (κ1) is 17.3. The first-order valence-electron chi connectivity index (χ1n) is 7.79. The summed E-state index contributed by atoms with van der Waals surface area (Å²) in [6.45, 7) is 0.478. The van der Waals surface area contributed by atoms with Crippen LogP contribution in [0.15, 0.2) is 44.7 Å². The Labute approximate surface area is 151 Å². The van der Waals surface area contributed by atoms with E-state index in [0.717, 1.165) is 9.04 Å². The van der Waals surface area contributed by atoms with Gasteiger partial charge in [0.25, 0.3) is 5.56 Å². The third kappa shape index (κ3) is 3.21. The second-order valence-electron chi connectivity index (χ2n) is 5.85. The molecule has 130 valence electrons. The maximum atomic E-state index is 12.4. The predicted octanol–water partition coefficient (Wildman–Crippen LogP) is 1.86. The molecular weight excluding hydrogens is 388 g/mol. The molecule has 7 nitrogen and oxygen atoms in total. The minimum atomic E-state index is -0.409. The highest BCUT2D eigenvalue weighted by Crippen LogP contribution is 2.13. The van der Waals surface area contributed by atoms with Crippen LogP contribution in [0.25, 0.3) is 11.2 Å². The summed E-state index contributed by atoms with van der Waals surface area (Å²) >= 11 is 3.34. The summed E-state index contributed by atoms with van der Waals surface area (Å²) < 4.78 is 5.04. The number of imidazole rings is 1. The van der Waals surface area contributed by atoms with Crippen LogP contribution in [0.2, 0.25) is 0 Å². The molecule has 0 spiro atoms. The summed E-state index contributed by atoms with van der Waals surface area (Å²) in [7, 11) is 3.02. The van der Waals surface area contributed by atoms with Crippen LogP contribution in [-0.4, -0.2) is 24.5 Å². The minimum Gasteiger partial charge on any atom is -0.325 e. The highest BCUT2D eigenvalue weighted by molar-refractivity contribution is 9.10. The Morgan fingerprint density at radius 3 is 2.48 bits per heavy atom. The normalized spacial score (nSPS) is 11.2. The zero-order valence-corrected chi connectivity index (χ0v) is 15.5. The third-order valence-electron chi connectivity index (χ3n) is 4.19. The van der Waals surface area contributed by atoms with Crippen LogP contribution in [0, 0.1) is 0 Å². The first-order valence-corrected chi connectivity index (χ1v) is 8.59. The third-order valence-corrected chi connectivity index (χ3v) is 4.71. The second-order valence-corrected chi connectivity index (χ2v) is 6.77. The number of ketones is 1. The van der Waals surface area contributed by atoms with Gasteiger partial charge in [-0.3, -0.25) is 18.7 Å². The monoisotopic (exact) mass is 404 g/mol. The smallest absolute Gasteiger partial charge is 0.325 e. The molecule has 8 heteroatoms. The van der Waals surface area contributed by atoms with Gasteiger partial charge >= 0.3 is 5.69 Å². The van der Waals surface area contributed by atoms with Crippen LogP contribution in [0.4, 0.5) is 0 Å². The fraction of sp³-hybridized carbons (Fsp3) is 0.294.